The molecule has 2 heterocycles. The predicted octanol–water partition coefficient (Wildman–Crippen LogP) is 2.40. The smallest absolute Gasteiger partial charge is 0.255 e. The van der Waals surface area contributed by atoms with Crippen molar-refractivity contribution in [2.45, 2.75) is 13.3 Å². The van der Waals surface area contributed by atoms with Crippen LogP contribution in [0.1, 0.15) is 32.7 Å². The van der Waals surface area contributed by atoms with Gasteiger partial charge in [0.15, 0.2) is 0 Å². The largest absolute Gasteiger partial charge is 0.354 e. The minimum Gasteiger partial charge on any atom is -0.354 e. The van der Waals surface area contributed by atoms with Gasteiger partial charge in [-0.05, 0) is 61.4 Å². The molecule has 0 radical (unpaired) electrons. The lowest BCUT2D eigenvalue weighted by atomic mass is 10.1. The van der Waals surface area contributed by atoms with E-state index in [1.807, 2.05) is 31.3 Å². The minimum atomic E-state index is -0.270. The molecule has 0 saturated carbocycles. The fraction of sp³-hybridized carbons (Fsp3) is 0.217. The second-order valence-electron chi connectivity index (χ2n) is 7.41. The van der Waals surface area contributed by atoms with Crippen LogP contribution in [-0.2, 0) is 4.79 Å². The van der Waals surface area contributed by atoms with Gasteiger partial charge in [0.25, 0.3) is 11.8 Å². The predicted molar refractivity (Wildman–Crippen MR) is 116 cm³/mol. The Morgan fingerprint density at radius 3 is 2.61 bits per heavy atom. The zero-order valence-electron chi connectivity index (χ0n) is 17.2. The molecular weight excluding hydrogens is 394 g/mol. The Morgan fingerprint density at radius 1 is 1.10 bits per heavy atom. The van der Waals surface area contributed by atoms with Gasteiger partial charge in [-0.25, -0.2) is 4.68 Å². The van der Waals surface area contributed by atoms with Gasteiger partial charge in [0.05, 0.1) is 12.2 Å². The lowest BCUT2D eigenvalue weighted by Gasteiger charge is -2.20. The van der Waals surface area contributed by atoms with Gasteiger partial charge in [-0.15, -0.1) is 0 Å². The number of rotatable bonds is 4. The Balaban J connectivity index is 1.50. The molecule has 2 N–H and O–H groups in total. The summed E-state index contributed by atoms with van der Waals surface area (Å²) in [4.78, 5) is 39.0. The number of carbonyl (C=O) groups excluding carboxylic acids is 3. The Bertz CT molecular complexity index is 1110. The topological polar surface area (TPSA) is 96.3 Å². The van der Waals surface area contributed by atoms with Gasteiger partial charge in [-0.3, -0.25) is 14.4 Å². The van der Waals surface area contributed by atoms with Crippen molar-refractivity contribution >= 4 is 23.4 Å². The highest BCUT2D eigenvalue weighted by Crippen LogP contribution is 2.20. The molecule has 3 amide bonds. The van der Waals surface area contributed by atoms with Crippen LogP contribution in [0.5, 0.6) is 0 Å². The average Bonchev–Trinajstić information content (AvgIpc) is 3.23. The first-order valence-corrected chi connectivity index (χ1v) is 10.1. The molecule has 8 nitrogen and oxygen atoms in total. The number of aromatic nitrogens is 2. The van der Waals surface area contributed by atoms with Crippen LogP contribution in [0.2, 0.25) is 0 Å². The van der Waals surface area contributed by atoms with Crippen LogP contribution in [0.25, 0.3) is 5.69 Å². The number of nitrogens with zero attached hydrogens (tertiary/aromatic N) is 3. The molecule has 1 aliphatic rings. The molecule has 1 aromatic heterocycles. The number of hydrogen-bond acceptors (Lipinski definition) is 4. The average molecular weight is 417 g/mol. The maximum Gasteiger partial charge on any atom is 0.255 e. The van der Waals surface area contributed by atoms with Gasteiger partial charge in [-0.2, -0.15) is 5.10 Å². The molecule has 158 valence electrons. The summed E-state index contributed by atoms with van der Waals surface area (Å²) in [6.45, 7) is 2.98. The zero-order valence-corrected chi connectivity index (χ0v) is 17.2. The summed E-state index contributed by atoms with van der Waals surface area (Å²) in [5.74, 6) is -0.657. The van der Waals surface area contributed by atoms with Crippen molar-refractivity contribution in [1.82, 2.24) is 20.0 Å². The van der Waals surface area contributed by atoms with Crippen molar-refractivity contribution in [3.05, 3.63) is 77.6 Å². The summed E-state index contributed by atoms with van der Waals surface area (Å²) in [7, 11) is 0. The number of nitrogens with one attached hydrogen (secondary N) is 2. The molecule has 0 bridgehead atoms. The summed E-state index contributed by atoms with van der Waals surface area (Å²) >= 11 is 0. The van der Waals surface area contributed by atoms with Crippen LogP contribution in [-0.4, -0.2) is 52.0 Å². The van der Waals surface area contributed by atoms with Crippen molar-refractivity contribution in [2.24, 2.45) is 0 Å². The highest BCUT2D eigenvalue weighted by atomic mass is 16.2. The molecule has 1 saturated heterocycles. The normalized spacial score (nSPS) is 14.0. The molecular formula is C23H23N5O3. The molecule has 1 fully saturated rings. The van der Waals surface area contributed by atoms with E-state index >= 15 is 0 Å². The number of aryl methyl sites for hydroxylation is 1. The summed E-state index contributed by atoms with van der Waals surface area (Å²) in [6.07, 6.45) is 4.23. The standard InChI is InChI=1S/C23H23N5O3/c1-16-4-5-18(23(31)27-12-2-10-24-21(29)15-27)14-20(16)26-22(30)17-6-8-19(9-7-17)28-13-3-11-25-28/h3-9,11,13-14H,2,10,12,15H2,1H3,(H,24,29)(H,26,30). The van der Waals surface area contributed by atoms with Gasteiger partial charge in [-0.1, -0.05) is 6.07 Å². The van der Waals surface area contributed by atoms with E-state index < -0.39 is 0 Å². The van der Waals surface area contributed by atoms with Crippen molar-refractivity contribution in [2.75, 3.05) is 25.0 Å². The Hall–Kier alpha value is -3.94. The van der Waals surface area contributed by atoms with E-state index in [4.69, 9.17) is 0 Å². The first-order chi connectivity index (χ1) is 15.0. The third kappa shape index (κ3) is 4.63. The third-order valence-corrected chi connectivity index (χ3v) is 5.18. The SMILES string of the molecule is Cc1ccc(C(=O)N2CCCNC(=O)C2)cc1NC(=O)c1ccc(-n2cccn2)cc1. The van der Waals surface area contributed by atoms with Gasteiger partial charge in [0.1, 0.15) is 0 Å². The van der Waals surface area contributed by atoms with E-state index in [-0.39, 0.29) is 24.3 Å². The molecule has 4 rings (SSSR count). The number of hydrogen-bond donors (Lipinski definition) is 2. The Labute approximate surface area is 179 Å². The van der Waals surface area contributed by atoms with Crippen molar-refractivity contribution in [3.63, 3.8) is 0 Å². The fourth-order valence-corrected chi connectivity index (χ4v) is 3.43. The second kappa shape index (κ2) is 8.83. The van der Waals surface area contributed by atoms with E-state index in [1.165, 1.54) is 4.90 Å². The quantitative estimate of drug-likeness (QED) is 0.681. The Morgan fingerprint density at radius 2 is 1.87 bits per heavy atom. The van der Waals surface area contributed by atoms with Gasteiger partial charge < -0.3 is 15.5 Å². The molecule has 1 aliphatic heterocycles. The van der Waals surface area contributed by atoms with Crippen LogP contribution < -0.4 is 10.6 Å². The van der Waals surface area contributed by atoms with E-state index in [2.05, 4.69) is 15.7 Å². The van der Waals surface area contributed by atoms with E-state index in [0.717, 1.165) is 11.3 Å². The van der Waals surface area contributed by atoms with Crippen LogP contribution in [0, 0.1) is 6.92 Å². The first-order valence-electron chi connectivity index (χ1n) is 10.1. The van der Waals surface area contributed by atoms with Gasteiger partial charge >= 0.3 is 0 Å². The number of benzene rings is 2. The maximum absolute atomic E-state index is 12.9. The lowest BCUT2D eigenvalue weighted by Crippen LogP contribution is -2.37. The van der Waals surface area contributed by atoms with E-state index in [0.29, 0.717) is 36.3 Å². The molecule has 8 heteroatoms. The van der Waals surface area contributed by atoms with Crippen LogP contribution in [0.15, 0.2) is 60.9 Å². The van der Waals surface area contributed by atoms with Crippen LogP contribution >= 0.6 is 0 Å². The molecule has 2 aromatic carbocycles. The third-order valence-electron chi connectivity index (χ3n) is 5.18. The Kier molecular flexibility index (Phi) is 5.79. The van der Waals surface area contributed by atoms with E-state index in [9.17, 15) is 14.4 Å². The monoisotopic (exact) mass is 417 g/mol. The summed E-state index contributed by atoms with van der Waals surface area (Å²) in [5, 5.41) is 9.82. The van der Waals surface area contributed by atoms with Crippen molar-refractivity contribution in [1.29, 1.82) is 0 Å². The fourth-order valence-electron chi connectivity index (χ4n) is 3.43. The molecule has 0 atom stereocenters. The van der Waals surface area contributed by atoms with Gasteiger partial charge in [0.2, 0.25) is 5.91 Å². The number of amides is 3. The molecule has 31 heavy (non-hydrogen) atoms. The number of carbonyl (C=O) groups is 3. The summed E-state index contributed by atoms with van der Waals surface area (Å²) < 4.78 is 1.71. The molecule has 0 aliphatic carbocycles. The second-order valence-corrected chi connectivity index (χ2v) is 7.41. The minimum absolute atomic E-state index is 0.0387. The first kappa shape index (κ1) is 20.3. The summed E-state index contributed by atoms with van der Waals surface area (Å²) in [6, 6.07) is 14.1. The highest BCUT2D eigenvalue weighted by molar-refractivity contribution is 6.05. The maximum atomic E-state index is 12.9. The van der Waals surface area contributed by atoms with Crippen molar-refractivity contribution in [3.8, 4) is 5.69 Å². The van der Waals surface area contributed by atoms with Crippen molar-refractivity contribution < 1.29 is 14.4 Å². The molecule has 0 spiro atoms. The summed E-state index contributed by atoms with van der Waals surface area (Å²) in [5.41, 5.74) is 3.19. The van der Waals surface area contributed by atoms with E-state index in [1.54, 1.807) is 41.2 Å². The van der Waals surface area contributed by atoms with Gasteiger partial charge in [0, 0.05) is 42.3 Å². The number of anilines is 1. The highest BCUT2D eigenvalue weighted by Gasteiger charge is 2.21. The lowest BCUT2D eigenvalue weighted by molar-refractivity contribution is -0.121. The molecule has 3 aromatic rings. The van der Waals surface area contributed by atoms with Crippen LogP contribution in [0.4, 0.5) is 5.69 Å². The van der Waals surface area contributed by atoms with Crippen LogP contribution in [0.3, 0.4) is 0 Å². The molecule has 0 unspecified atom stereocenters. The zero-order chi connectivity index (χ0) is 21.8.